The molecule has 0 bridgehead atoms. The SMILES string of the molecule is Cn1cc(CC(OCC(O)CN)C(=O)c2ccccc2)cn1. The van der Waals surface area contributed by atoms with Gasteiger partial charge >= 0.3 is 0 Å². The molecule has 1 aromatic carbocycles. The molecule has 0 fully saturated rings. The minimum Gasteiger partial charge on any atom is -0.389 e. The summed E-state index contributed by atoms with van der Waals surface area (Å²) in [7, 11) is 1.82. The van der Waals surface area contributed by atoms with E-state index in [0.29, 0.717) is 12.0 Å². The molecule has 6 heteroatoms. The maximum absolute atomic E-state index is 12.6. The minimum absolute atomic E-state index is 0.0278. The second-order valence-corrected chi connectivity index (χ2v) is 5.17. The van der Waals surface area contributed by atoms with E-state index in [2.05, 4.69) is 5.10 Å². The highest BCUT2D eigenvalue weighted by Crippen LogP contribution is 2.12. The standard InChI is InChI=1S/C16H21N3O3/c1-19-10-12(9-18-19)7-15(22-11-14(20)8-17)16(21)13-5-3-2-4-6-13/h2-6,9-10,14-15,20H,7-8,11,17H2,1H3. The number of aliphatic hydroxyl groups excluding tert-OH is 1. The Morgan fingerprint density at radius 2 is 2.14 bits per heavy atom. The van der Waals surface area contributed by atoms with Crippen LogP contribution in [0.15, 0.2) is 42.7 Å². The Balaban J connectivity index is 2.11. The van der Waals surface area contributed by atoms with Gasteiger partial charge in [-0.15, -0.1) is 0 Å². The van der Waals surface area contributed by atoms with Crippen LogP contribution in [-0.2, 0) is 18.2 Å². The van der Waals surface area contributed by atoms with Crippen molar-refractivity contribution in [3.05, 3.63) is 53.9 Å². The van der Waals surface area contributed by atoms with Crippen LogP contribution in [0.2, 0.25) is 0 Å². The number of hydrogen-bond acceptors (Lipinski definition) is 5. The molecule has 0 spiro atoms. The lowest BCUT2D eigenvalue weighted by Gasteiger charge is -2.18. The summed E-state index contributed by atoms with van der Waals surface area (Å²) in [5.74, 6) is -0.117. The molecule has 2 aromatic rings. The maximum atomic E-state index is 12.6. The van der Waals surface area contributed by atoms with Gasteiger partial charge in [0.25, 0.3) is 0 Å². The molecular formula is C16H21N3O3. The molecule has 3 N–H and O–H groups in total. The fourth-order valence-electron chi connectivity index (χ4n) is 2.10. The second kappa shape index (κ2) is 7.84. The fraction of sp³-hybridized carbons (Fsp3) is 0.375. The molecule has 118 valence electrons. The summed E-state index contributed by atoms with van der Waals surface area (Å²) in [5, 5.41) is 13.6. The monoisotopic (exact) mass is 303 g/mol. The van der Waals surface area contributed by atoms with E-state index in [1.807, 2.05) is 31.4 Å². The van der Waals surface area contributed by atoms with Crippen LogP contribution in [0.3, 0.4) is 0 Å². The topological polar surface area (TPSA) is 90.4 Å². The Morgan fingerprint density at radius 3 is 2.73 bits per heavy atom. The average Bonchev–Trinajstić information content (AvgIpc) is 2.96. The van der Waals surface area contributed by atoms with Gasteiger partial charge in [-0.05, 0) is 5.56 Å². The van der Waals surface area contributed by atoms with Crippen molar-refractivity contribution in [1.29, 1.82) is 0 Å². The van der Waals surface area contributed by atoms with Gasteiger partial charge in [0.15, 0.2) is 5.78 Å². The zero-order valence-corrected chi connectivity index (χ0v) is 12.6. The highest BCUT2D eigenvalue weighted by molar-refractivity contribution is 5.99. The number of benzene rings is 1. The summed E-state index contributed by atoms with van der Waals surface area (Å²) >= 11 is 0. The lowest BCUT2D eigenvalue weighted by Crippen LogP contribution is -2.33. The van der Waals surface area contributed by atoms with Crippen molar-refractivity contribution in [1.82, 2.24) is 9.78 Å². The predicted molar refractivity (Wildman–Crippen MR) is 82.5 cm³/mol. The number of hydrogen-bond donors (Lipinski definition) is 2. The number of nitrogens with zero attached hydrogens (tertiary/aromatic N) is 2. The second-order valence-electron chi connectivity index (χ2n) is 5.17. The average molecular weight is 303 g/mol. The molecule has 6 nitrogen and oxygen atoms in total. The molecule has 2 rings (SSSR count). The van der Waals surface area contributed by atoms with Crippen LogP contribution in [0, 0.1) is 0 Å². The Morgan fingerprint density at radius 1 is 1.41 bits per heavy atom. The van der Waals surface area contributed by atoms with Crippen LogP contribution in [0.4, 0.5) is 0 Å². The van der Waals surface area contributed by atoms with Crippen LogP contribution < -0.4 is 5.73 Å². The first-order valence-corrected chi connectivity index (χ1v) is 7.16. The van der Waals surface area contributed by atoms with E-state index in [4.69, 9.17) is 10.5 Å². The summed E-state index contributed by atoms with van der Waals surface area (Å²) in [5.41, 5.74) is 6.86. The van der Waals surface area contributed by atoms with Crippen molar-refractivity contribution in [2.24, 2.45) is 12.8 Å². The zero-order chi connectivity index (χ0) is 15.9. The number of aliphatic hydroxyl groups is 1. The van der Waals surface area contributed by atoms with Gasteiger partial charge in [0.1, 0.15) is 6.10 Å². The normalized spacial score (nSPS) is 13.8. The van der Waals surface area contributed by atoms with Gasteiger partial charge in [-0.1, -0.05) is 30.3 Å². The number of ether oxygens (including phenoxy) is 1. The van der Waals surface area contributed by atoms with Gasteiger partial charge in [-0.2, -0.15) is 5.10 Å². The molecule has 0 aliphatic heterocycles. The van der Waals surface area contributed by atoms with E-state index in [1.165, 1.54) is 0 Å². The summed E-state index contributed by atoms with van der Waals surface area (Å²) in [6.45, 7) is 0.124. The molecule has 0 aliphatic rings. The predicted octanol–water partition coefficient (Wildman–Crippen LogP) is 0.550. The molecule has 22 heavy (non-hydrogen) atoms. The summed E-state index contributed by atoms with van der Waals surface area (Å²) in [6, 6.07) is 8.97. The number of aryl methyl sites for hydroxylation is 1. The molecule has 0 saturated carbocycles. The molecule has 0 saturated heterocycles. The number of rotatable bonds is 8. The van der Waals surface area contributed by atoms with E-state index in [9.17, 15) is 9.90 Å². The number of aromatic nitrogens is 2. The lowest BCUT2D eigenvalue weighted by atomic mass is 10.0. The highest BCUT2D eigenvalue weighted by Gasteiger charge is 2.22. The van der Waals surface area contributed by atoms with Crippen LogP contribution in [0.5, 0.6) is 0 Å². The van der Waals surface area contributed by atoms with E-state index < -0.39 is 12.2 Å². The first kappa shape index (κ1) is 16.4. The van der Waals surface area contributed by atoms with Crippen molar-refractivity contribution >= 4 is 5.78 Å². The van der Waals surface area contributed by atoms with Crippen molar-refractivity contribution < 1.29 is 14.6 Å². The largest absolute Gasteiger partial charge is 0.389 e. The van der Waals surface area contributed by atoms with Crippen LogP contribution >= 0.6 is 0 Å². The van der Waals surface area contributed by atoms with Gasteiger partial charge in [-0.25, -0.2) is 0 Å². The van der Waals surface area contributed by atoms with Gasteiger partial charge < -0.3 is 15.6 Å². The number of Topliss-reactive ketones (excluding diaryl/α,β-unsaturated/α-hetero) is 1. The Hall–Kier alpha value is -2.02. The molecule has 2 atom stereocenters. The first-order valence-electron chi connectivity index (χ1n) is 7.16. The van der Waals surface area contributed by atoms with Crippen molar-refractivity contribution in [2.45, 2.75) is 18.6 Å². The smallest absolute Gasteiger partial charge is 0.191 e. The van der Waals surface area contributed by atoms with Gasteiger partial charge in [0, 0.05) is 31.8 Å². The van der Waals surface area contributed by atoms with E-state index in [1.54, 1.807) is 23.0 Å². The van der Waals surface area contributed by atoms with E-state index in [-0.39, 0.29) is 18.9 Å². The number of ketones is 1. The third-order valence-electron chi connectivity index (χ3n) is 3.29. The third kappa shape index (κ3) is 4.49. The third-order valence-corrected chi connectivity index (χ3v) is 3.29. The first-order chi connectivity index (χ1) is 10.6. The molecule has 0 aliphatic carbocycles. The van der Waals surface area contributed by atoms with Crippen molar-refractivity contribution in [2.75, 3.05) is 13.2 Å². The summed E-state index contributed by atoms with van der Waals surface area (Å²) < 4.78 is 7.28. The quantitative estimate of drug-likeness (QED) is 0.695. The molecule has 0 amide bonds. The zero-order valence-electron chi connectivity index (χ0n) is 12.6. The minimum atomic E-state index is -0.778. The lowest BCUT2D eigenvalue weighted by molar-refractivity contribution is 0.000737. The molecular weight excluding hydrogens is 282 g/mol. The molecule has 2 unspecified atom stereocenters. The van der Waals surface area contributed by atoms with E-state index >= 15 is 0 Å². The van der Waals surface area contributed by atoms with Crippen molar-refractivity contribution in [3.8, 4) is 0 Å². The van der Waals surface area contributed by atoms with E-state index in [0.717, 1.165) is 5.56 Å². The van der Waals surface area contributed by atoms with Gasteiger partial charge in [-0.3, -0.25) is 9.48 Å². The molecule has 1 heterocycles. The Labute approximate surface area is 129 Å². The van der Waals surface area contributed by atoms with Crippen molar-refractivity contribution in [3.63, 3.8) is 0 Å². The summed E-state index contributed by atoms with van der Waals surface area (Å²) in [6.07, 6.45) is 2.49. The molecule has 1 aromatic heterocycles. The molecule has 0 radical (unpaired) electrons. The fourth-order valence-corrected chi connectivity index (χ4v) is 2.10. The van der Waals surface area contributed by atoms with Gasteiger partial charge in [0.2, 0.25) is 0 Å². The Bertz CT molecular complexity index is 598. The van der Waals surface area contributed by atoms with Crippen LogP contribution in [-0.4, -0.2) is 46.0 Å². The number of carbonyl (C=O) groups is 1. The number of carbonyl (C=O) groups excluding carboxylic acids is 1. The highest BCUT2D eigenvalue weighted by atomic mass is 16.5. The Kier molecular flexibility index (Phi) is 5.83. The van der Waals surface area contributed by atoms with Gasteiger partial charge in [0.05, 0.1) is 18.9 Å². The van der Waals surface area contributed by atoms with Crippen LogP contribution in [0.1, 0.15) is 15.9 Å². The maximum Gasteiger partial charge on any atom is 0.191 e. The van der Waals surface area contributed by atoms with Crippen LogP contribution in [0.25, 0.3) is 0 Å². The number of nitrogens with two attached hydrogens (primary N) is 1. The summed E-state index contributed by atoms with van der Waals surface area (Å²) in [4.78, 5) is 12.6.